The van der Waals surface area contributed by atoms with Gasteiger partial charge in [-0.25, -0.2) is 4.98 Å². The Morgan fingerprint density at radius 2 is 2.12 bits per heavy atom. The van der Waals surface area contributed by atoms with Gasteiger partial charge in [0, 0.05) is 30.1 Å². The Labute approximate surface area is 145 Å². The number of likely N-dealkylation sites (tertiary alicyclic amines) is 1. The van der Waals surface area contributed by atoms with Crippen LogP contribution in [0.3, 0.4) is 0 Å². The Kier molecular flexibility index (Phi) is 5.16. The molecule has 0 bridgehead atoms. The summed E-state index contributed by atoms with van der Waals surface area (Å²) in [7, 11) is 1.63. The number of aliphatic hydroxyl groups excluding tert-OH is 1. The molecule has 2 atom stereocenters. The van der Waals surface area contributed by atoms with Crippen molar-refractivity contribution in [2.45, 2.75) is 25.8 Å². The monoisotopic (exact) mass is 346 g/mol. The molecule has 0 radical (unpaired) electrons. The first-order chi connectivity index (χ1) is 11.6. The van der Waals surface area contributed by atoms with Gasteiger partial charge in [-0.05, 0) is 49.9 Å². The van der Waals surface area contributed by atoms with Crippen LogP contribution in [0.5, 0.6) is 5.75 Å². The van der Waals surface area contributed by atoms with Crippen LogP contribution in [0.2, 0.25) is 0 Å². The molecule has 0 aliphatic carbocycles. The van der Waals surface area contributed by atoms with Crippen molar-refractivity contribution in [1.29, 1.82) is 0 Å². The van der Waals surface area contributed by atoms with Crippen molar-refractivity contribution in [2.75, 3.05) is 20.3 Å². The molecule has 3 rings (SSSR count). The molecule has 2 unspecified atom stereocenters. The van der Waals surface area contributed by atoms with Gasteiger partial charge in [0.1, 0.15) is 16.5 Å². The van der Waals surface area contributed by atoms with E-state index in [4.69, 9.17) is 4.74 Å². The Morgan fingerprint density at radius 1 is 1.38 bits per heavy atom. The lowest BCUT2D eigenvalue weighted by Crippen LogP contribution is -2.46. The average Bonchev–Trinajstić information content (AvgIpc) is 3.12. The number of rotatable bonds is 4. The van der Waals surface area contributed by atoms with Crippen LogP contribution in [-0.4, -0.2) is 47.2 Å². The first kappa shape index (κ1) is 16.9. The lowest BCUT2D eigenvalue weighted by atomic mass is 9.94. The predicted octanol–water partition coefficient (Wildman–Crippen LogP) is 3.05. The molecular formula is C18H22N2O3S. The van der Waals surface area contributed by atoms with E-state index < -0.39 is 0 Å². The second kappa shape index (κ2) is 7.32. The number of hydrogen-bond acceptors (Lipinski definition) is 5. The maximum absolute atomic E-state index is 12.8. The third-order valence-corrected chi connectivity index (χ3v) is 5.45. The summed E-state index contributed by atoms with van der Waals surface area (Å²) in [5.74, 6) is 0.922. The highest BCUT2D eigenvalue weighted by atomic mass is 32.1. The van der Waals surface area contributed by atoms with E-state index in [0.717, 1.165) is 29.2 Å². The normalized spacial score (nSPS) is 20.9. The number of amides is 1. The van der Waals surface area contributed by atoms with Crippen LogP contribution in [0.1, 0.15) is 30.3 Å². The van der Waals surface area contributed by atoms with Crippen LogP contribution in [0.25, 0.3) is 10.6 Å². The van der Waals surface area contributed by atoms with Gasteiger partial charge in [0.15, 0.2) is 0 Å². The van der Waals surface area contributed by atoms with E-state index in [2.05, 4.69) is 11.9 Å². The Balaban J connectivity index is 1.77. The van der Waals surface area contributed by atoms with Crippen LogP contribution in [0.4, 0.5) is 0 Å². The predicted molar refractivity (Wildman–Crippen MR) is 94.4 cm³/mol. The number of piperidine rings is 1. The summed E-state index contributed by atoms with van der Waals surface area (Å²) in [5, 5.41) is 12.0. The number of carbonyl (C=O) groups is 1. The molecule has 6 heteroatoms. The summed E-state index contributed by atoms with van der Waals surface area (Å²) < 4.78 is 5.16. The average molecular weight is 346 g/mol. The molecule has 2 heterocycles. The van der Waals surface area contributed by atoms with Gasteiger partial charge in [0.2, 0.25) is 0 Å². The first-order valence-electron chi connectivity index (χ1n) is 8.14. The maximum Gasteiger partial charge on any atom is 0.273 e. The van der Waals surface area contributed by atoms with E-state index in [1.807, 2.05) is 34.5 Å². The number of methoxy groups -OCH3 is 1. The first-order valence-corrected chi connectivity index (χ1v) is 9.02. The number of benzene rings is 1. The second-order valence-corrected chi connectivity index (χ2v) is 7.06. The number of carbonyl (C=O) groups excluding carboxylic acids is 1. The number of aliphatic hydroxyl groups is 1. The highest BCUT2D eigenvalue weighted by Crippen LogP contribution is 2.28. The van der Waals surface area contributed by atoms with Gasteiger partial charge in [-0.1, -0.05) is 0 Å². The van der Waals surface area contributed by atoms with Gasteiger partial charge in [-0.15, -0.1) is 11.3 Å². The summed E-state index contributed by atoms with van der Waals surface area (Å²) in [6.45, 7) is 2.79. The van der Waals surface area contributed by atoms with Gasteiger partial charge in [0.05, 0.1) is 7.11 Å². The topological polar surface area (TPSA) is 62.7 Å². The van der Waals surface area contributed by atoms with Crippen molar-refractivity contribution in [1.82, 2.24) is 9.88 Å². The summed E-state index contributed by atoms with van der Waals surface area (Å²) >= 11 is 1.47. The van der Waals surface area contributed by atoms with E-state index in [0.29, 0.717) is 12.2 Å². The minimum absolute atomic E-state index is 0.0448. The van der Waals surface area contributed by atoms with E-state index >= 15 is 0 Å². The molecule has 1 amide bonds. The van der Waals surface area contributed by atoms with Crippen molar-refractivity contribution in [3.63, 3.8) is 0 Å². The molecule has 1 fully saturated rings. The van der Waals surface area contributed by atoms with Gasteiger partial charge in [-0.3, -0.25) is 4.79 Å². The van der Waals surface area contributed by atoms with Gasteiger partial charge < -0.3 is 14.7 Å². The van der Waals surface area contributed by atoms with E-state index in [-0.39, 0.29) is 24.5 Å². The fourth-order valence-corrected chi connectivity index (χ4v) is 3.80. The lowest BCUT2D eigenvalue weighted by Gasteiger charge is -2.37. The summed E-state index contributed by atoms with van der Waals surface area (Å²) in [5.41, 5.74) is 1.45. The quantitative estimate of drug-likeness (QED) is 0.924. The van der Waals surface area contributed by atoms with E-state index in [9.17, 15) is 9.90 Å². The number of ether oxygens (including phenoxy) is 1. The lowest BCUT2D eigenvalue weighted by molar-refractivity contribution is 0.0484. The molecule has 1 N–H and O–H groups in total. The second-order valence-electron chi connectivity index (χ2n) is 6.20. The Hall–Kier alpha value is -1.92. The highest BCUT2D eigenvalue weighted by molar-refractivity contribution is 7.13. The number of hydrogen-bond donors (Lipinski definition) is 1. The molecule has 0 spiro atoms. The van der Waals surface area contributed by atoms with Crippen LogP contribution >= 0.6 is 11.3 Å². The molecule has 1 aromatic carbocycles. The summed E-state index contributed by atoms with van der Waals surface area (Å²) in [6, 6.07) is 7.84. The molecule has 2 aromatic rings. The molecule has 5 nitrogen and oxygen atoms in total. The molecule has 1 aliphatic heterocycles. The number of aromatic nitrogens is 1. The molecule has 1 aromatic heterocycles. The molecule has 0 saturated carbocycles. The van der Waals surface area contributed by atoms with E-state index in [1.54, 1.807) is 7.11 Å². The van der Waals surface area contributed by atoms with Crippen molar-refractivity contribution < 1.29 is 14.6 Å². The molecular weight excluding hydrogens is 324 g/mol. The zero-order valence-corrected chi connectivity index (χ0v) is 14.8. The molecule has 1 aliphatic rings. The number of thiazole rings is 1. The summed E-state index contributed by atoms with van der Waals surface area (Å²) in [6.07, 6.45) is 1.89. The minimum Gasteiger partial charge on any atom is -0.497 e. The van der Waals surface area contributed by atoms with Crippen molar-refractivity contribution in [2.24, 2.45) is 5.92 Å². The molecule has 24 heavy (non-hydrogen) atoms. The third-order valence-electron chi connectivity index (χ3n) is 4.56. The maximum atomic E-state index is 12.8. The van der Waals surface area contributed by atoms with Crippen molar-refractivity contribution in [3.8, 4) is 16.3 Å². The smallest absolute Gasteiger partial charge is 0.273 e. The van der Waals surface area contributed by atoms with Gasteiger partial charge in [0.25, 0.3) is 5.91 Å². The standard InChI is InChI=1S/C18H22N2O3S/c1-12-3-4-13(10-21)9-20(12)18(22)16-11-24-17(19-16)14-5-7-15(23-2)8-6-14/h5-8,11-13,21H,3-4,9-10H2,1-2H3. The van der Waals surface area contributed by atoms with Gasteiger partial charge >= 0.3 is 0 Å². The van der Waals surface area contributed by atoms with Gasteiger partial charge in [-0.2, -0.15) is 0 Å². The Bertz CT molecular complexity index is 699. The zero-order valence-electron chi connectivity index (χ0n) is 13.9. The highest BCUT2D eigenvalue weighted by Gasteiger charge is 2.30. The zero-order chi connectivity index (χ0) is 17.1. The molecule has 128 valence electrons. The third kappa shape index (κ3) is 3.44. The van der Waals surface area contributed by atoms with Crippen LogP contribution < -0.4 is 4.74 Å². The summed E-state index contributed by atoms with van der Waals surface area (Å²) in [4.78, 5) is 19.2. The minimum atomic E-state index is -0.0448. The fourth-order valence-electron chi connectivity index (χ4n) is 3.00. The van der Waals surface area contributed by atoms with Crippen LogP contribution in [0, 0.1) is 5.92 Å². The SMILES string of the molecule is COc1ccc(-c2nc(C(=O)N3CC(CO)CCC3C)cs2)cc1. The van der Waals surface area contributed by atoms with E-state index in [1.165, 1.54) is 11.3 Å². The Morgan fingerprint density at radius 3 is 2.79 bits per heavy atom. The largest absolute Gasteiger partial charge is 0.497 e. The van der Waals surface area contributed by atoms with Crippen molar-refractivity contribution in [3.05, 3.63) is 35.3 Å². The fraction of sp³-hybridized carbons (Fsp3) is 0.444. The van der Waals surface area contributed by atoms with Crippen molar-refractivity contribution >= 4 is 17.2 Å². The van der Waals surface area contributed by atoms with Crippen LogP contribution in [0.15, 0.2) is 29.6 Å². The number of nitrogens with zero attached hydrogens (tertiary/aromatic N) is 2. The van der Waals surface area contributed by atoms with Crippen LogP contribution in [-0.2, 0) is 0 Å². The molecule has 1 saturated heterocycles.